The smallest absolute Gasteiger partial charge is 0.480 e. The van der Waals surface area contributed by atoms with Gasteiger partial charge >= 0.3 is 24.1 Å². The van der Waals surface area contributed by atoms with Crippen molar-refractivity contribution in [2.75, 3.05) is 25.2 Å². The third kappa shape index (κ3) is 13.9. The van der Waals surface area contributed by atoms with E-state index >= 15 is 0 Å². The molecule has 12 atom stereocenters. The van der Waals surface area contributed by atoms with Gasteiger partial charge in [0.1, 0.15) is 54.6 Å². The maximum absolute atomic E-state index is 13.8. The second-order valence-corrected chi connectivity index (χ2v) is 18.8. The molecule has 4 aliphatic heterocycles. The second-order valence-electron chi connectivity index (χ2n) is 16.2. The first-order valence-electron chi connectivity index (χ1n) is 20.4. The number of epoxide rings is 2. The van der Waals surface area contributed by atoms with Crippen molar-refractivity contribution in [2.24, 2.45) is 17.8 Å². The van der Waals surface area contributed by atoms with E-state index in [1.165, 1.54) is 28.5 Å². The molecule has 4 aliphatic rings. The SMILES string of the molecule is CO[C@H](/C(C)=C/C=C/C(C)=C/c1coc(C)n1)[C@@H](C)[C@@H]1C[C@H](OC(=O)OCCSSC[C@@H](NC(C)=O)C(=O)O)[C@@]2(C)O[C@@H]2/C=C/[C@@H](C)[C@H]2C[C@H](CC(=O)O2)C[C@H]2O[C@H]2C(=O)O1. The summed E-state index contributed by atoms with van der Waals surface area (Å²) in [6.07, 6.45) is 9.11. The maximum atomic E-state index is 13.8. The number of rotatable bonds is 16. The highest BCUT2D eigenvalue weighted by Crippen LogP contribution is 2.46. The summed E-state index contributed by atoms with van der Waals surface area (Å²) < 4.78 is 46.9. The molecule has 0 unspecified atom stereocenters. The molecular weight excluding hydrogens is 833 g/mol. The minimum absolute atomic E-state index is 0.0154. The lowest BCUT2D eigenvalue weighted by atomic mass is 9.84. The van der Waals surface area contributed by atoms with E-state index in [1.54, 1.807) is 20.3 Å². The molecule has 18 heteroatoms. The number of cyclic esters (lactones) is 1. The van der Waals surface area contributed by atoms with Gasteiger partial charge in [0, 0.05) is 57.1 Å². The van der Waals surface area contributed by atoms with Crippen LogP contribution >= 0.6 is 21.6 Å². The molecular formula is C43H58N2O14S2. The van der Waals surface area contributed by atoms with Crippen LogP contribution < -0.4 is 5.32 Å². The Labute approximate surface area is 364 Å². The van der Waals surface area contributed by atoms with Gasteiger partial charge in [0.05, 0.1) is 12.2 Å². The van der Waals surface area contributed by atoms with E-state index in [0.29, 0.717) is 30.2 Å². The van der Waals surface area contributed by atoms with E-state index in [1.807, 2.05) is 71.1 Å². The Morgan fingerprint density at radius 1 is 1.10 bits per heavy atom. The van der Waals surface area contributed by atoms with E-state index < -0.39 is 78.2 Å². The van der Waals surface area contributed by atoms with Gasteiger partial charge < -0.3 is 48.0 Å². The molecule has 3 saturated heterocycles. The molecule has 0 aliphatic carbocycles. The van der Waals surface area contributed by atoms with Crippen LogP contribution in [0.3, 0.4) is 0 Å². The van der Waals surface area contributed by atoms with E-state index in [2.05, 4.69) is 10.3 Å². The summed E-state index contributed by atoms with van der Waals surface area (Å²) in [6.45, 7) is 12.5. The van der Waals surface area contributed by atoms with Crippen molar-refractivity contribution in [1.82, 2.24) is 10.3 Å². The van der Waals surface area contributed by atoms with Crippen molar-refractivity contribution in [3.63, 3.8) is 0 Å². The van der Waals surface area contributed by atoms with Crippen LogP contribution in [-0.4, -0.2) is 120 Å². The fourth-order valence-electron chi connectivity index (χ4n) is 7.69. The van der Waals surface area contributed by atoms with E-state index in [0.717, 1.165) is 11.1 Å². The van der Waals surface area contributed by atoms with Gasteiger partial charge in [0.2, 0.25) is 5.91 Å². The number of aliphatic carboxylic acids is 1. The van der Waals surface area contributed by atoms with Crippen LogP contribution in [-0.2, 0) is 52.3 Å². The minimum Gasteiger partial charge on any atom is -0.480 e. The number of carbonyl (C=O) groups excluding carboxylic acids is 4. The number of amides is 1. The summed E-state index contributed by atoms with van der Waals surface area (Å²) in [5.41, 5.74) is 1.47. The number of nitrogens with zero attached hydrogens (tertiary/aromatic N) is 1. The van der Waals surface area contributed by atoms with Crippen LogP contribution in [0.2, 0.25) is 0 Å². The summed E-state index contributed by atoms with van der Waals surface area (Å²) in [4.78, 5) is 66.9. The number of ether oxygens (including phenoxy) is 7. The number of methoxy groups -OCH3 is 1. The van der Waals surface area contributed by atoms with Crippen molar-refractivity contribution in [3.8, 4) is 0 Å². The van der Waals surface area contributed by atoms with Crippen molar-refractivity contribution in [1.29, 1.82) is 0 Å². The molecule has 1 aromatic heterocycles. The molecule has 5 rings (SSSR count). The largest absolute Gasteiger partial charge is 0.508 e. The van der Waals surface area contributed by atoms with Crippen molar-refractivity contribution in [3.05, 3.63) is 59.4 Å². The zero-order chi connectivity index (χ0) is 44.4. The van der Waals surface area contributed by atoms with E-state index in [9.17, 15) is 29.1 Å². The van der Waals surface area contributed by atoms with E-state index in [-0.39, 0.29) is 49.1 Å². The van der Waals surface area contributed by atoms with Crippen LogP contribution in [0.1, 0.15) is 78.8 Å². The Kier molecular flexibility index (Phi) is 17.1. The summed E-state index contributed by atoms with van der Waals surface area (Å²) in [7, 11) is 4.07. The monoisotopic (exact) mass is 890 g/mol. The number of carbonyl (C=O) groups is 5. The van der Waals surface area contributed by atoms with Crippen LogP contribution in [0.25, 0.3) is 6.08 Å². The fraction of sp³-hybridized carbons (Fsp3) is 0.628. The number of nitrogens with one attached hydrogen (secondary N) is 1. The molecule has 1 aromatic rings. The molecule has 0 radical (unpaired) electrons. The highest BCUT2D eigenvalue weighted by Gasteiger charge is 2.60. The molecule has 0 spiro atoms. The Hall–Kier alpha value is -4.10. The number of hydrogen-bond donors (Lipinski definition) is 2. The zero-order valence-electron chi connectivity index (χ0n) is 35.9. The van der Waals surface area contributed by atoms with Gasteiger partial charge in [0.25, 0.3) is 0 Å². The predicted octanol–water partition coefficient (Wildman–Crippen LogP) is 6.18. The van der Waals surface area contributed by atoms with Crippen molar-refractivity contribution < 1.29 is 66.7 Å². The second kappa shape index (κ2) is 21.8. The van der Waals surface area contributed by atoms with Crippen LogP contribution in [0.4, 0.5) is 4.79 Å². The molecule has 3 fully saturated rings. The number of esters is 2. The topological polar surface area (TPSA) is 215 Å². The molecule has 61 heavy (non-hydrogen) atoms. The quantitative estimate of drug-likeness (QED) is 0.0361. The lowest BCUT2D eigenvalue weighted by Crippen LogP contribution is -2.43. The maximum Gasteiger partial charge on any atom is 0.508 e. The van der Waals surface area contributed by atoms with Gasteiger partial charge in [-0.15, -0.1) is 0 Å². The van der Waals surface area contributed by atoms with Crippen LogP contribution in [0, 0.1) is 24.7 Å². The predicted molar refractivity (Wildman–Crippen MR) is 226 cm³/mol. The summed E-state index contributed by atoms with van der Waals surface area (Å²) in [6, 6.07) is -1.06. The highest BCUT2D eigenvalue weighted by atomic mass is 33.1. The fourth-order valence-corrected chi connectivity index (χ4v) is 9.67. The number of carboxylic acid groups (broad SMARTS) is 1. The van der Waals surface area contributed by atoms with Gasteiger partial charge in [-0.2, -0.15) is 0 Å². The number of fused-ring (bicyclic) bond motifs is 4. The van der Waals surface area contributed by atoms with Gasteiger partial charge in [-0.05, 0) is 56.8 Å². The average molecular weight is 891 g/mol. The molecule has 0 saturated carbocycles. The number of aryl methyl sites for hydroxylation is 1. The molecule has 2 N–H and O–H groups in total. The van der Waals surface area contributed by atoms with Gasteiger partial charge in [0.15, 0.2) is 12.0 Å². The number of oxazole rings is 1. The molecule has 1 amide bonds. The zero-order valence-corrected chi connectivity index (χ0v) is 37.5. The highest BCUT2D eigenvalue weighted by molar-refractivity contribution is 8.76. The Morgan fingerprint density at radius 2 is 1.85 bits per heavy atom. The third-order valence-corrected chi connectivity index (χ3v) is 13.6. The summed E-state index contributed by atoms with van der Waals surface area (Å²) >= 11 is 0. The van der Waals surface area contributed by atoms with E-state index in [4.69, 9.17) is 37.6 Å². The number of aromatic nitrogens is 1. The molecule has 0 aromatic carbocycles. The van der Waals surface area contributed by atoms with Gasteiger partial charge in [-0.3, -0.25) is 9.59 Å². The number of allylic oxidation sites excluding steroid dienone is 4. The van der Waals surface area contributed by atoms with Crippen LogP contribution in [0.15, 0.2) is 52.2 Å². The Morgan fingerprint density at radius 3 is 2.54 bits per heavy atom. The first kappa shape index (κ1) is 47.9. The summed E-state index contributed by atoms with van der Waals surface area (Å²) in [5, 5.41) is 11.7. The third-order valence-electron chi connectivity index (χ3n) is 11.2. The van der Waals surface area contributed by atoms with Gasteiger partial charge in [-0.1, -0.05) is 65.8 Å². The Balaban J connectivity index is 1.34. The van der Waals surface area contributed by atoms with Crippen molar-refractivity contribution >= 4 is 57.6 Å². The summed E-state index contributed by atoms with van der Waals surface area (Å²) in [5.74, 6) is -2.07. The normalized spacial score (nSPS) is 31.3. The average Bonchev–Trinajstić information content (AvgIpc) is 4.07. The molecule has 336 valence electrons. The standard InChI is InChI=1S/C43H58N2O14S2/c1-23(16-30-21-54-28(6)45-30)10-9-11-25(3)38(52-8)26(4)33-20-36(58-42(51)53-14-15-60-61-22-31(40(48)49)44-27(5)46)43(7)35(59-43)13-12-24(2)32-17-29(19-37(47)55-32)18-34-39(56-34)41(50)57-33/h9-13,16,21,24,26,29,31-36,38-39H,14-15,17-20,22H2,1-8H3,(H,44,46)(H,48,49)/b10-9+,13-12+,23-16+,25-11+/t24-,26+,29+,31-,32-,33+,34-,35-,36+,38-,39-,43+/m1/s1. The lowest BCUT2D eigenvalue weighted by molar-refractivity contribution is -0.159. The molecule has 2 bridgehead atoms. The first-order valence-corrected chi connectivity index (χ1v) is 22.9. The van der Waals surface area contributed by atoms with Gasteiger partial charge in [-0.25, -0.2) is 19.4 Å². The lowest BCUT2D eigenvalue weighted by Gasteiger charge is -2.33. The number of carboxylic acids is 1. The molecule has 5 heterocycles. The molecule has 16 nitrogen and oxygen atoms in total. The minimum atomic E-state index is -1.15. The Bertz CT molecular complexity index is 1860. The van der Waals surface area contributed by atoms with Crippen LogP contribution in [0.5, 0.6) is 0 Å². The van der Waals surface area contributed by atoms with Crippen molar-refractivity contribution in [2.45, 2.75) is 129 Å². The number of hydrogen-bond acceptors (Lipinski definition) is 16. The first-order chi connectivity index (χ1) is 29.0.